The third-order valence-electron chi connectivity index (χ3n) is 11.8. The lowest BCUT2D eigenvalue weighted by Crippen LogP contribution is -2.44. The lowest BCUT2D eigenvalue weighted by molar-refractivity contribution is 0.0722. The summed E-state index contributed by atoms with van der Waals surface area (Å²) in [7, 11) is -4.93. The van der Waals surface area contributed by atoms with Gasteiger partial charge in [-0.25, -0.2) is 14.4 Å². The number of hydrogen-bond donors (Lipinski definition) is 2. The predicted octanol–water partition coefficient (Wildman–Crippen LogP) is 11.6. The Bertz CT molecular complexity index is 2760. The summed E-state index contributed by atoms with van der Waals surface area (Å²) in [5.74, 6) is -0.493. The number of rotatable bonds is 12. The minimum atomic E-state index is -2.73. The Morgan fingerprint density at radius 2 is 0.776 bits per heavy atom. The zero-order chi connectivity index (χ0) is 47.1. The predicted molar refractivity (Wildman–Crippen MR) is 264 cm³/mol. The maximum absolute atomic E-state index is 13.9. The van der Waals surface area contributed by atoms with E-state index in [-0.39, 0.29) is 31.4 Å². The number of carbonyl (C=O) groups is 3. The molecule has 7 aromatic rings. The van der Waals surface area contributed by atoms with Crippen molar-refractivity contribution >= 4 is 34.8 Å². The van der Waals surface area contributed by atoms with Gasteiger partial charge in [0.15, 0.2) is 8.32 Å². The van der Waals surface area contributed by atoms with Crippen LogP contribution in [0.25, 0.3) is 0 Å². The highest BCUT2D eigenvalue weighted by molar-refractivity contribution is 6.81. The number of phenols is 1. The highest BCUT2D eigenvalue weighted by atomic mass is 28.4. The summed E-state index contributed by atoms with van der Waals surface area (Å²) in [4.78, 5) is 52.4. The van der Waals surface area contributed by atoms with Crippen molar-refractivity contribution < 1.29 is 42.6 Å². The van der Waals surface area contributed by atoms with Gasteiger partial charge in [0.25, 0.3) is 0 Å². The van der Waals surface area contributed by atoms with Gasteiger partial charge in [-0.2, -0.15) is 0 Å². The number of para-hydroxylation sites is 3. The first-order valence-electron chi connectivity index (χ1n) is 22.6. The van der Waals surface area contributed by atoms with Gasteiger partial charge >= 0.3 is 26.5 Å². The van der Waals surface area contributed by atoms with Crippen LogP contribution in [0.4, 0.5) is 0 Å². The molecule has 0 spiro atoms. The largest absolute Gasteiger partial charge is 0.507 e. The Kier molecular flexibility index (Phi) is 14.1. The molecule has 1 aliphatic carbocycles. The van der Waals surface area contributed by atoms with Gasteiger partial charge in [0, 0.05) is 25.7 Å². The van der Waals surface area contributed by atoms with Crippen molar-refractivity contribution in [3.05, 3.63) is 224 Å². The van der Waals surface area contributed by atoms with Crippen LogP contribution in [0.15, 0.2) is 158 Å². The second-order valence-electron chi connectivity index (χ2n) is 18.1. The topological polar surface area (TPSA) is 129 Å². The van der Waals surface area contributed by atoms with Crippen LogP contribution in [-0.2, 0) is 36.2 Å². The van der Waals surface area contributed by atoms with E-state index < -0.39 is 34.8 Å². The first-order chi connectivity index (χ1) is 32.2. The molecule has 2 N–H and O–H groups in total. The molecule has 67 heavy (non-hydrogen) atoms. The van der Waals surface area contributed by atoms with Gasteiger partial charge < -0.3 is 28.2 Å². The monoisotopic (exact) mass is 926 g/mol. The Morgan fingerprint density at radius 3 is 1.09 bits per heavy atom. The summed E-state index contributed by atoms with van der Waals surface area (Å²) in [5, 5.41) is 12.3. The van der Waals surface area contributed by atoms with Crippen molar-refractivity contribution in [3.8, 4) is 23.0 Å². The molecule has 340 valence electrons. The molecule has 11 heteroatoms. The number of esters is 3. The van der Waals surface area contributed by atoms with Gasteiger partial charge in [0.2, 0.25) is 0 Å². The molecule has 9 nitrogen and oxygen atoms in total. The van der Waals surface area contributed by atoms with E-state index >= 15 is 0 Å². The van der Waals surface area contributed by atoms with E-state index in [4.69, 9.17) is 18.3 Å². The third-order valence-corrected chi connectivity index (χ3v) is 17.5. The van der Waals surface area contributed by atoms with Crippen LogP contribution in [0.5, 0.6) is 23.0 Å². The lowest BCUT2D eigenvalue weighted by atomic mass is 9.90. The summed E-state index contributed by atoms with van der Waals surface area (Å²) < 4.78 is 25.4. The minimum absolute atomic E-state index is 0.0821. The number of benzene rings is 7. The van der Waals surface area contributed by atoms with Crippen LogP contribution in [0.1, 0.15) is 87.6 Å². The SMILES string of the molecule is C[Si](C)(O)O[Si](C)(C)CCCc1cc2c(O)c(c1)Cc1cccc(c1OC(=O)c1ccccc1)Cc1cccc(c1OC(=O)c1ccccc1)Cc1cccc(c1OC(=O)c1ccccc1)C2. The van der Waals surface area contributed by atoms with Gasteiger partial charge in [0.1, 0.15) is 23.0 Å². The molecule has 0 saturated heterocycles. The quantitative estimate of drug-likeness (QED) is 0.0699. The Labute approximate surface area is 394 Å². The highest BCUT2D eigenvalue weighted by Crippen LogP contribution is 2.40. The van der Waals surface area contributed by atoms with Crippen LogP contribution in [0, 0.1) is 0 Å². The zero-order valence-electron chi connectivity index (χ0n) is 38.2. The molecule has 0 radical (unpaired) electrons. The van der Waals surface area contributed by atoms with Crippen molar-refractivity contribution in [2.24, 2.45) is 0 Å². The number of aryl methyl sites for hydroxylation is 1. The first-order valence-corrected chi connectivity index (χ1v) is 28.6. The van der Waals surface area contributed by atoms with E-state index in [9.17, 15) is 24.3 Å². The second-order valence-corrected chi connectivity index (χ2v) is 25.8. The molecule has 8 bridgehead atoms. The van der Waals surface area contributed by atoms with E-state index in [0.29, 0.717) is 84.9 Å². The number of fused-ring (bicyclic) bond motifs is 8. The van der Waals surface area contributed by atoms with Crippen molar-refractivity contribution in [1.82, 2.24) is 0 Å². The standard InChI is InChI=1S/C56H54O9Si2/c1-66(2,65-67(3,4)61)31-17-18-38-32-48-36-46-29-15-27-44(52(46)63-55(59)40-21-10-6-11-22-40)34-42-25-14-26-43(51(42)62-54(58)39-19-8-5-9-20-39)35-45-28-16-30-47(37-49(33-38)50(48)57)53(45)64-56(60)41-23-12-7-13-24-41/h5-16,19-30,32-33,57,61H,17-18,31,34-37H2,1-4H3. The molecule has 0 aromatic heterocycles. The fourth-order valence-corrected chi connectivity index (χ4v) is 15.7. The van der Waals surface area contributed by atoms with Crippen LogP contribution < -0.4 is 14.2 Å². The van der Waals surface area contributed by atoms with E-state index in [2.05, 4.69) is 13.1 Å². The maximum atomic E-state index is 13.9. The number of aromatic hydroxyl groups is 1. The Hall–Kier alpha value is -6.90. The number of carbonyl (C=O) groups excluding carboxylic acids is 3. The second kappa shape index (κ2) is 20.3. The van der Waals surface area contributed by atoms with Gasteiger partial charge in [-0.15, -0.1) is 0 Å². The minimum Gasteiger partial charge on any atom is -0.507 e. The molecule has 0 fully saturated rings. The average molecular weight is 927 g/mol. The molecule has 8 rings (SSSR count). The van der Waals surface area contributed by atoms with E-state index in [1.807, 2.05) is 84.9 Å². The molecule has 7 aromatic carbocycles. The Balaban J connectivity index is 1.30. The molecule has 0 saturated carbocycles. The molecule has 0 heterocycles. The first kappa shape index (κ1) is 46.6. The number of phenolic OH excluding ortho intramolecular Hbond substituents is 1. The summed E-state index contributed by atoms with van der Waals surface area (Å²) in [5.41, 5.74) is 7.38. The molecule has 0 atom stereocenters. The van der Waals surface area contributed by atoms with E-state index in [1.165, 1.54) is 0 Å². The number of hydrogen-bond acceptors (Lipinski definition) is 9. The van der Waals surface area contributed by atoms with E-state index in [1.54, 1.807) is 85.9 Å². The van der Waals surface area contributed by atoms with Gasteiger partial charge in [-0.05, 0) is 132 Å². The van der Waals surface area contributed by atoms with Crippen molar-refractivity contribution in [2.75, 3.05) is 0 Å². The fraction of sp³-hybridized carbons (Fsp3) is 0.196. The highest BCUT2D eigenvalue weighted by Gasteiger charge is 2.32. The number of ether oxygens (including phenoxy) is 3. The van der Waals surface area contributed by atoms with Crippen LogP contribution >= 0.6 is 0 Å². The molecule has 1 aliphatic rings. The molecular weight excluding hydrogens is 873 g/mol. The molecule has 0 unspecified atom stereocenters. The van der Waals surface area contributed by atoms with Crippen LogP contribution in [0.2, 0.25) is 32.2 Å². The van der Waals surface area contributed by atoms with Crippen molar-refractivity contribution in [3.63, 3.8) is 0 Å². The summed E-state index contributed by atoms with van der Waals surface area (Å²) in [6.07, 6.45) is 2.30. The summed E-state index contributed by atoms with van der Waals surface area (Å²) in [6, 6.07) is 48.3. The van der Waals surface area contributed by atoms with Crippen molar-refractivity contribution in [2.45, 2.75) is 70.8 Å². The summed E-state index contributed by atoms with van der Waals surface area (Å²) in [6.45, 7) is 7.84. The normalized spacial score (nSPS) is 12.5. The smallest absolute Gasteiger partial charge is 0.343 e. The fourth-order valence-electron chi connectivity index (χ4n) is 8.83. The lowest BCUT2D eigenvalue weighted by Gasteiger charge is -2.29. The van der Waals surface area contributed by atoms with Gasteiger partial charge in [-0.3, -0.25) is 0 Å². The van der Waals surface area contributed by atoms with Gasteiger partial charge in [-0.1, -0.05) is 121 Å². The third kappa shape index (κ3) is 11.7. The Morgan fingerprint density at radius 1 is 0.463 bits per heavy atom. The van der Waals surface area contributed by atoms with Crippen LogP contribution in [0.3, 0.4) is 0 Å². The summed E-state index contributed by atoms with van der Waals surface area (Å²) >= 11 is 0. The molecular formula is C56H54O9Si2. The maximum Gasteiger partial charge on any atom is 0.343 e. The zero-order valence-corrected chi connectivity index (χ0v) is 40.2. The van der Waals surface area contributed by atoms with E-state index in [0.717, 1.165) is 18.0 Å². The molecule has 0 aliphatic heterocycles. The average Bonchev–Trinajstić information content (AvgIpc) is 3.30. The van der Waals surface area contributed by atoms with Crippen LogP contribution in [-0.4, -0.2) is 44.7 Å². The molecule has 0 amide bonds. The van der Waals surface area contributed by atoms with Gasteiger partial charge in [0.05, 0.1) is 16.7 Å². The van der Waals surface area contributed by atoms with Crippen molar-refractivity contribution in [1.29, 1.82) is 0 Å².